The smallest absolute Gasteiger partial charge is 0.237 e. The lowest BCUT2D eigenvalue weighted by Crippen LogP contribution is -2.43. The number of aromatic nitrogens is 1. The molecule has 1 amide bonds. The molecule has 1 aromatic rings. The fourth-order valence-electron chi connectivity index (χ4n) is 1.10. The van der Waals surface area contributed by atoms with E-state index in [1.165, 1.54) is 0 Å². The molecule has 0 saturated heterocycles. The highest BCUT2D eigenvalue weighted by atomic mass is 16.2. The molecule has 0 radical (unpaired) electrons. The maximum Gasteiger partial charge on any atom is 0.237 e. The summed E-state index contributed by atoms with van der Waals surface area (Å²) in [4.78, 5) is 15.6. The fourth-order valence-corrected chi connectivity index (χ4v) is 1.10. The monoisotopic (exact) mass is 207 g/mol. The van der Waals surface area contributed by atoms with Crippen molar-refractivity contribution in [2.45, 2.75) is 26.4 Å². The number of carbonyl (C=O) groups is 1. The molecule has 1 aromatic heterocycles. The largest absolute Gasteiger partial charge is 0.349 e. The molecule has 1 unspecified atom stereocenters. The third kappa shape index (κ3) is 3.67. The minimum absolute atomic E-state index is 0.129. The van der Waals surface area contributed by atoms with Crippen LogP contribution in [0.2, 0.25) is 0 Å². The van der Waals surface area contributed by atoms with Gasteiger partial charge >= 0.3 is 0 Å². The van der Waals surface area contributed by atoms with Crippen molar-refractivity contribution in [3.63, 3.8) is 0 Å². The van der Waals surface area contributed by atoms with E-state index in [9.17, 15) is 4.79 Å². The van der Waals surface area contributed by atoms with Crippen LogP contribution < -0.4 is 11.1 Å². The number of nitrogens with two attached hydrogens (primary N) is 1. The van der Waals surface area contributed by atoms with Gasteiger partial charge in [-0.2, -0.15) is 0 Å². The lowest BCUT2D eigenvalue weighted by atomic mass is 10.1. The van der Waals surface area contributed by atoms with E-state index in [0.717, 1.165) is 5.69 Å². The number of pyridine rings is 1. The van der Waals surface area contributed by atoms with E-state index in [1.807, 2.05) is 32.0 Å². The second-order valence-electron chi connectivity index (χ2n) is 3.81. The Morgan fingerprint density at radius 3 is 2.80 bits per heavy atom. The molecule has 4 heteroatoms. The van der Waals surface area contributed by atoms with Crippen LogP contribution >= 0.6 is 0 Å². The highest BCUT2D eigenvalue weighted by Crippen LogP contribution is 1.99. The predicted octanol–water partition coefficient (Wildman–Crippen LogP) is 0.681. The van der Waals surface area contributed by atoms with E-state index in [-0.39, 0.29) is 11.8 Å². The summed E-state index contributed by atoms with van der Waals surface area (Å²) in [7, 11) is 0. The van der Waals surface area contributed by atoms with Gasteiger partial charge in [-0.1, -0.05) is 19.9 Å². The van der Waals surface area contributed by atoms with E-state index in [2.05, 4.69) is 10.3 Å². The second kappa shape index (κ2) is 5.46. The van der Waals surface area contributed by atoms with Gasteiger partial charge in [0.1, 0.15) is 0 Å². The maximum atomic E-state index is 11.5. The van der Waals surface area contributed by atoms with Crippen molar-refractivity contribution < 1.29 is 4.79 Å². The van der Waals surface area contributed by atoms with Gasteiger partial charge in [0.2, 0.25) is 5.91 Å². The highest BCUT2D eigenvalue weighted by Gasteiger charge is 2.16. The van der Waals surface area contributed by atoms with Crippen molar-refractivity contribution in [3.05, 3.63) is 30.1 Å². The maximum absolute atomic E-state index is 11.5. The molecule has 0 bridgehead atoms. The number of nitrogens with one attached hydrogen (secondary N) is 1. The summed E-state index contributed by atoms with van der Waals surface area (Å²) in [5, 5.41) is 2.75. The first-order valence-electron chi connectivity index (χ1n) is 5.04. The number of hydrogen-bond donors (Lipinski definition) is 2. The van der Waals surface area contributed by atoms with Crippen molar-refractivity contribution >= 4 is 5.91 Å². The van der Waals surface area contributed by atoms with Crippen molar-refractivity contribution in [1.29, 1.82) is 0 Å². The average Bonchev–Trinajstić information content (AvgIpc) is 2.26. The number of hydrogen-bond acceptors (Lipinski definition) is 3. The van der Waals surface area contributed by atoms with Crippen LogP contribution in [0.3, 0.4) is 0 Å². The molecule has 0 saturated carbocycles. The van der Waals surface area contributed by atoms with Crippen LogP contribution in [-0.4, -0.2) is 16.9 Å². The quantitative estimate of drug-likeness (QED) is 0.763. The van der Waals surface area contributed by atoms with E-state index < -0.39 is 6.04 Å². The summed E-state index contributed by atoms with van der Waals surface area (Å²) in [5.74, 6) is 0.0179. The Bertz CT molecular complexity index is 311. The number of nitrogens with zero attached hydrogens (tertiary/aromatic N) is 1. The van der Waals surface area contributed by atoms with Gasteiger partial charge in [0, 0.05) is 6.20 Å². The van der Waals surface area contributed by atoms with E-state index in [0.29, 0.717) is 6.54 Å². The molecule has 0 aliphatic carbocycles. The molecule has 1 heterocycles. The molecular formula is C11H17N3O. The minimum Gasteiger partial charge on any atom is -0.349 e. The molecule has 0 aliphatic heterocycles. The van der Waals surface area contributed by atoms with Gasteiger partial charge in [-0.25, -0.2) is 0 Å². The standard InChI is InChI=1S/C11H17N3O/c1-8(2)10(12)11(15)14-7-9-5-3-4-6-13-9/h3-6,8,10H,7,12H2,1-2H3,(H,14,15). The SMILES string of the molecule is CC(C)C(N)C(=O)NCc1ccccn1. The summed E-state index contributed by atoms with van der Waals surface area (Å²) in [6.45, 7) is 4.27. The third-order valence-electron chi connectivity index (χ3n) is 2.19. The number of amides is 1. The summed E-state index contributed by atoms with van der Waals surface area (Å²) in [5.41, 5.74) is 6.53. The molecule has 1 atom stereocenters. The zero-order chi connectivity index (χ0) is 11.3. The van der Waals surface area contributed by atoms with Crippen LogP contribution in [0.15, 0.2) is 24.4 Å². The van der Waals surface area contributed by atoms with Gasteiger partial charge in [-0.3, -0.25) is 9.78 Å². The van der Waals surface area contributed by atoms with Crippen LogP contribution in [0.4, 0.5) is 0 Å². The first kappa shape index (κ1) is 11.7. The van der Waals surface area contributed by atoms with Crippen LogP contribution in [0.1, 0.15) is 19.5 Å². The van der Waals surface area contributed by atoms with Gasteiger partial charge in [-0.05, 0) is 18.1 Å². The molecule has 0 aliphatic rings. The lowest BCUT2D eigenvalue weighted by molar-refractivity contribution is -0.123. The van der Waals surface area contributed by atoms with Crippen molar-refractivity contribution in [2.75, 3.05) is 0 Å². The normalized spacial score (nSPS) is 12.5. The summed E-state index contributed by atoms with van der Waals surface area (Å²) in [6, 6.07) is 5.14. The Labute approximate surface area is 89.9 Å². The summed E-state index contributed by atoms with van der Waals surface area (Å²) >= 11 is 0. The Balaban J connectivity index is 2.41. The van der Waals surface area contributed by atoms with Crippen LogP contribution in [0.5, 0.6) is 0 Å². The van der Waals surface area contributed by atoms with Gasteiger partial charge in [0.15, 0.2) is 0 Å². The Kier molecular flexibility index (Phi) is 4.24. The first-order chi connectivity index (χ1) is 7.11. The molecule has 82 valence electrons. The Morgan fingerprint density at radius 1 is 1.53 bits per heavy atom. The van der Waals surface area contributed by atoms with Crippen molar-refractivity contribution in [1.82, 2.24) is 10.3 Å². The molecule has 0 aromatic carbocycles. The fraction of sp³-hybridized carbons (Fsp3) is 0.455. The molecular weight excluding hydrogens is 190 g/mol. The second-order valence-corrected chi connectivity index (χ2v) is 3.81. The van der Waals surface area contributed by atoms with E-state index in [1.54, 1.807) is 6.20 Å². The summed E-state index contributed by atoms with van der Waals surface area (Å²) in [6.07, 6.45) is 1.70. The van der Waals surface area contributed by atoms with Crippen molar-refractivity contribution in [2.24, 2.45) is 11.7 Å². The minimum atomic E-state index is -0.450. The molecule has 3 N–H and O–H groups in total. The van der Waals surface area contributed by atoms with Gasteiger partial charge in [-0.15, -0.1) is 0 Å². The number of carbonyl (C=O) groups excluding carboxylic acids is 1. The predicted molar refractivity (Wildman–Crippen MR) is 58.9 cm³/mol. The Morgan fingerprint density at radius 2 is 2.27 bits per heavy atom. The van der Waals surface area contributed by atoms with Crippen LogP contribution in [-0.2, 0) is 11.3 Å². The Hall–Kier alpha value is -1.42. The van der Waals surface area contributed by atoms with E-state index >= 15 is 0 Å². The first-order valence-corrected chi connectivity index (χ1v) is 5.04. The molecule has 0 fully saturated rings. The van der Waals surface area contributed by atoms with Gasteiger partial charge < -0.3 is 11.1 Å². The lowest BCUT2D eigenvalue weighted by Gasteiger charge is -2.14. The summed E-state index contributed by atoms with van der Waals surface area (Å²) < 4.78 is 0. The third-order valence-corrected chi connectivity index (χ3v) is 2.19. The highest BCUT2D eigenvalue weighted by molar-refractivity contribution is 5.81. The van der Waals surface area contributed by atoms with Gasteiger partial charge in [0.25, 0.3) is 0 Å². The average molecular weight is 207 g/mol. The molecule has 1 rings (SSSR count). The molecule has 0 spiro atoms. The number of rotatable bonds is 4. The molecule has 4 nitrogen and oxygen atoms in total. The van der Waals surface area contributed by atoms with Crippen LogP contribution in [0, 0.1) is 5.92 Å². The topological polar surface area (TPSA) is 68.0 Å². The van der Waals surface area contributed by atoms with E-state index in [4.69, 9.17) is 5.73 Å². The zero-order valence-corrected chi connectivity index (χ0v) is 9.10. The zero-order valence-electron chi connectivity index (χ0n) is 9.10. The van der Waals surface area contributed by atoms with Gasteiger partial charge in [0.05, 0.1) is 18.3 Å². The molecule has 15 heavy (non-hydrogen) atoms. The van der Waals surface area contributed by atoms with Crippen molar-refractivity contribution in [3.8, 4) is 0 Å². The van der Waals surface area contributed by atoms with Crippen LogP contribution in [0.25, 0.3) is 0 Å².